The van der Waals surface area contributed by atoms with Crippen LogP contribution in [0.5, 0.6) is 5.75 Å². The molecule has 1 saturated heterocycles. The first-order valence-electron chi connectivity index (χ1n) is 6.76. The van der Waals surface area contributed by atoms with Crippen molar-refractivity contribution in [2.75, 3.05) is 13.2 Å². The number of likely N-dealkylation sites (tertiary alicyclic amines) is 1. The molecule has 4 nitrogen and oxygen atoms in total. The van der Waals surface area contributed by atoms with Crippen molar-refractivity contribution in [1.82, 2.24) is 4.90 Å². The molecule has 104 valence electrons. The molecule has 2 atom stereocenters. The van der Waals surface area contributed by atoms with Gasteiger partial charge in [-0.1, -0.05) is 12.1 Å². The molecule has 0 saturated carbocycles. The first kappa shape index (κ1) is 13.9. The third-order valence-corrected chi connectivity index (χ3v) is 3.52. The van der Waals surface area contributed by atoms with E-state index in [9.17, 15) is 9.90 Å². The molecule has 1 aromatic carbocycles. The van der Waals surface area contributed by atoms with Crippen LogP contribution >= 0.6 is 0 Å². The summed E-state index contributed by atoms with van der Waals surface area (Å²) in [4.78, 5) is 14.0. The SMILES string of the molecule is Cc1cccc(OC(C)C(=O)N2CCCC2CO)c1. The summed E-state index contributed by atoms with van der Waals surface area (Å²) in [5, 5.41) is 9.26. The third-order valence-electron chi connectivity index (χ3n) is 3.52. The Kier molecular flexibility index (Phi) is 4.43. The summed E-state index contributed by atoms with van der Waals surface area (Å²) in [7, 11) is 0. The van der Waals surface area contributed by atoms with E-state index in [0.717, 1.165) is 18.4 Å². The first-order valence-corrected chi connectivity index (χ1v) is 6.76. The molecule has 4 heteroatoms. The van der Waals surface area contributed by atoms with Gasteiger partial charge in [-0.3, -0.25) is 4.79 Å². The highest BCUT2D eigenvalue weighted by Crippen LogP contribution is 2.20. The topological polar surface area (TPSA) is 49.8 Å². The third kappa shape index (κ3) is 3.26. The molecule has 1 aliphatic heterocycles. The second-order valence-electron chi connectivity index (χ2n) is 5.09. The van der Waals surface area contributed by atoms with Gasteiger partial charge in [-0.2, -0.15) is 0 Å². The van der Waals surface area contributed by atoms with Crippen LogP contribution in [0, 0.1) is 6.92 Å². The van der Waals surface area contributed by atoms with Gasteiger partial charge >= 0.3 is 0 Å². The molecular formula is C15H21NO3. The molecule has 1 aliphatic rings. The van der Waals surface area contributed by atoms with Crippen molar-refractivity contribution in [2.45, 2.75) is 38.8 Å². The lowest BCUT2D eigenvalue weighted by atomic mass is 10.2. The molecule has 2 unspecified atom stereocenters. The Labute approximate surface area is 114 Å². The largest absolute Gasteiger partial charge is 0.481 e. The Morgan fingerprint density at radius 1 is 1.58 bits per heavy atom. The maximum Gasteiger partial charge on any atom is 0.263 e. The van der Waals surface area contributed by atoms with Crippen LogP contribution < -0.4 is 4.74 Å². The van der Waals surface area contributed by atoms with Crippen molar-refractivity contribution >= 4 is 5.91 Å². The molecule has 0 radical (unpaired) electrons. The molecule has 1 heterocycles. The van der Waals surface area contributed by atoms with Crippen molar-refractivity contribution in [3.63, 3.8) is 0 Å². The summed E-state index contributed by atoms with van der Waals surface area (Å²) in [5.74, 6) is 0.665. The number of ether oxygens (including phenoxy) is 1. The molecule has 0 spiro atoms. The molecule has 0 aliphatic carbocycles. The van der Waals surface area contributed by atoms with Crippen molar-refractivity contribution in [3.05, 3.63) is 29.8 Å². The summed E-state index contributed by atoms with van der Waals surface area (Å²) in [6.45, 7) is 4.49. The van der Waals surface area contributed by atoms with Crippen molar-refractivity contribution < 1.29 is 14.6 Å². The van der Waals surface area contributed by atoms with E-state index in [2.05, 4.69) is 0 Å². The zero-order valence-electron chi connectivity index (χ0n) is 11.5. The van der Waals surface area contributed by atoms with E-state index in [1.807, 2.05) is 31.2 Å². The minimum Gasteiger partial charge on any atom is -0.481 e. The van der Waals surface area contributed by atoms with Gasteiger partial charge < -0.3 is 14.7 Å². The van der Waals surface area contributed by atoms with Gasteiger partial charge in [-0.05, 0) is 44.4 Å². The number of hydrogen-bond donors (Lipinski definition) is 1. The number of amides is 1. The van der Waals surface area contributed by atoms with Crippen LogP contribution in [-0.4, -0.2) is 41.2 Å². The second-order valence-corrected chi connectivity index (χ2v) is 5.09. The van der Waals surface area contributed by atoms with Crippen LogP contribution in [0.15, 0.2) is 24.3 Å². The maximum atomic E-state index is 12.3. The minimum atomic E-state index is -0.519. The average Bonchev–Trinajstić information content (AvgIpc) is 2.86. The molecule has 1 fully saturated rings. The van der Waals surface area contributed by atoms with Crippen LogP contribution in [0.4, 0.5) is 0 Å². The smallest absolute Gasteiger partial charge is 0.263 e. The highest BCUT2D eigenvalue weighted by atomic mass is 16.5. The normalized spacial score (nSPS) is 20.4. The van der Waals surface area contributed by atoms with E-state index < -0.39 is 6.10 Å². The fourth-order valence-corrected chi connectivity index (χ4v) is 2.49. The highest BCUT2D eigenvalue weighted by Gasteiger charge is 2.31. The van der Waals surface area contributed by atoms with Gasteiger partial charge in [-0.15, -0.1) is 0 Å². The van der Waals surface area contributed by atoms with E-state index in [-0.39, 0.29) is 18.6 Å². The molecule has 1 amide bonds. The number of aliphatic hydroxyl groups excluding tert-OH is 1. The Bertz CT molecular complexity index is 447. The number of benzene rings is 1. The van der Waals surface area contributed by atoms with E-state index in [0.29, 0.717) is 12.3 Å². The summed E-state index contributed by atoms with van der Waals surface area (Å²) in [6.07, 6.45) is 1.31. The first-order chi connectivity index (χ1) is 9.11. The standard InChI is InChI=1S/C15H21NO3/c1-11-5-3-7-14(9-11)19-12(2)15(18)16-8-4-6-13(16)10-17/h3,5,7,9,12-13,17H,4,6,8,10H2,1-2H3. The van der Waals surface area contributed by atoms with Gasteiger partial charge in [0.25, 0.3) is 5.91 Å². The average molecular weight is 263 g/mol. The summed E-state index contributed by atoms with van der Waals surface area (Å²) in [6, 6.07) is 7.62. The Balaban J connectivity index is 1.99. The number of carbonyl (C=O) groups is 1. The van der Waals surface area contributed by atoms with Gasteiger partial charge in [0.15, 0.2) is 6.10 Å². The fraction of sp³-hybridized carbons (Fsp3) is 0.533. The van der Waals surface area contributed by atoms with Crippen LogP contribution in [0.25, 0.3) is 0 Å². The lowest BCUT2D eigenvalue weighted by molar-refractivity contribution is -0.139. The number of aliphatic hydroxyl groups is 1. The zero-order chi connectivity index (χ0) is 13.8. The lowest BCUT2D eigenvalue weighted by Gasteiger charge is -2.26. The van der Waals surface area contributed by atoms with Gasteiger partial charge in [-0.25, -0.2) is 0 Å². The molecular weight excluding hydrogens is 242 g/mol. The number of rotatable bonds is 4. The number of carbonyl (C=O) groups excluding carboxylic acids is 1. The van der Waals surface area contributed by atoms with Crippen LogP contribution in [0.3, 0.4) is 0 Å². The molecule has 1 aromatic rings. The fourth-order valence-electron chi connectivity index (χ4n) is 2.49. The minimum absolute atomic E-state index is 0.0307. The van der Waals surface area contributed by atoms with Crippen molar-refractivity contribution in [1.29, 1.82) is 0 Å². The molecule has 19 heavy (non-hydrogen) atoms. The number of nitrogens with zero attached hydrogens (tertiary/aromatic N) is 1. The molecule has 1 N–H and O–H groups in total. The second kappa shape index (κ2) is 6.06. The quantitative estimate of drug-likeness (QED) is 0.900. The Morgan fingerprint density at radius 2 is 2.37 bits per heavy atom. The zero-order valence-corrected chi connectivity index (χ0v) is 11.5. The van der Waals surface area contributed by atoms with Crippen molar-refractivity contribution in [2.24, 2.45) is 0 Å². The molecule has 0 bridgehead atoms. The van der Waals surface area contributed by atoms with Gasteiger partial charge in [0, 0.05) is 6.54 Å². The predicted molar refractivity (Wildman–Crippen MR) is 73.1 cm³/mol. The van der Waals surface area contributed by atoms with Gasteiger partial charge in [0.1, 0.15) is 5.75 Å². The Hall–Kier alpha value is -1.55. The van der Waals surface area contributed by atoms with Crippen molar-refractivity contribution in [3.8, 4) is 5.75 Å². The van der Waals surface area contributed by atoms with Crippen LogP contribution in [0.2, 0.25) is 0 Å². The summed E-state index contributed by atoms with van der Waals surface area (Å²) in [5.41, 5.74) is 1.10. The predicted octanol–water partition coefficient (Wildman–Crippen LogP) is 1.75. The summed E-state index contributed by atoms with van der Waals surface area (Å²) >= 11 is 0. The van der Waals surface area contributed by atoms with E-state index in [1.165, 1.54) is 0 Å². The molecule has 0 aromatic heterocycles. The number of aryl methyl sites for hydroxylation is 1. The Morgan fingerprint density at radius 3 is 3.05 bits per heavy atom. The van der Waals surface area contributed by atoms with Gasteiger partial charge in [0.2, 0.25) is 0 Å². The summed E-state index contributed by atoms with van der Waals surface area (Å²) < 4.78 is 5.69. The van der Waals surface area contributed by atoms with Crippen LogP contribution in [-0.2, 0) is 4.79 Å². The van der Waals surface area contributed by atoms with E-state index >= 15 is 0 Å². The van der Waals surface area contributed by atoms with Gasteiger partial charge in [0.05, 0.1) is 12.6 Å². The molecule has 2 rings (SSSR count). The van der Waals surface area contributed by atoms with Crippen LogP contribution in [0.1, 0.15) is 25.3 Å². The monoisotopic (exact) mass is 263 g/mol. The van der Waals surface area contributed by atoms with E-state index in [1.54, 1.807) is 11.8 Å². The van der Waals surface area contributed by atoms with E-state index in [4.69, 9.17) is 4.74 Å². The highest BCUT2D eigenvalue weighted by molar-refractivity contribution is 5.81. The lowest BCUT2D eigenvalue weighted by Crippen LogP contribution is -2.44. The maximum absolute atomic E-state index is 12.3. The number of hydrogen-bond acceptors (Lipinski definition) is 3.